The van der Waals surface area contributed by atoms with Crippen LogP contribution in [-0.2, 0) is 0 Å². The molecule has 0 saturated heterocycles. The van der Waals surface area contributed by atoms with Crippen molar-refractivity contribution in [3.8, 4) is 22.3 Å². The molecule has 3 heteroatoms. The molecule has 2 heterocycles. The van der Waals surface area contributed by atoms with Crippen LogP contribution in [0.5, 0.6) is 0 Å². The van der Waals surface area contributed by atoms with E-state index in [4.69, 9.17) is 8.83 Å². The molecule has 2 aliphatic rings. The Labute approximate surface area is 329 Å². The fourth-order valence-corrected chi connectivity index (χ4v) is 9.18. The first-order valence-electron chi connectivity index (χ1n) is 19.7. The maximum absolute atomic E-state index is 6.77. The second-order valence-corrected chi connectivity index (χ2v) is 15.2. The predicted octanol–water partition coefficient (Wildman–Crippen LogP) is 13.5. The van der Waals surface area contributed by atoms with Crippen molar-refractivity contribution in [3.63, 3.8) is 0 Å². The van der Waals surface area contributed by atoms with Gasteiger partial charge in [0, 0.05) is 56.0 Å². The number of anilines is 3. The second kappa shape index (κ2) is 12.6. The third-order valence-corrected chi connectivity index (χ3v) is 12.0. The summed E-state index contributed by atoms with van der Waals surface area (Å²) < 4.78 is 13.2. The number of furan rings is 2. The Kier molecular flexibility index (Phi) is 7.05. The maximum Gasteiger partial charge on any atom is 0.143 e. The SMILES string of the molecule is C1=CC2=c3ccc(-c4ccc(N(c5ccc6c(c5)oc5ccccc56)c5ccccc5-c5cccc6c5oc5cc7ccccc7cc56)cc4)cc3=CCC2C=C1. The molecule has 57 heavy (non-hydrogen) atoms. The van der Waals surface area contributed by atoms with Crippen LogP contribution in [0.25, 0.3) is 88.6 Å². The summed E-state index contributed by atoms with van der Waals surface area (Å²) >= 11 is 0. The minimum Gasteiger partial charge on any atom is -0.456 e. The van der Waals surface area contributed by atoms with Gasteiger partial charge in [-0.15, -0.1) is 0 Å². The van der Waals surface area contributed by atoms with E-state index in [9.17, 15) is 0 Å². The Morgan fingerprint density at radius 3 is 2.16 bits per heavy atom. The molecule has 0 aliphatic heterocycles. The Morgan fingerprint density at radius 2 is 1.23 bits per heavy atom. The monoisotopic (exact) mass is 729 g/mol. The highest BCUT2D eigenvalue weighted by Crippen LogP contribution is 2.46. The van der Waals surface area contributed by atoms with Gasteiger partial charge in [-0.1, -0.05) is 134 Å². The highest BCUT2D eigenvalue weighted by molar-refractivity contribution is 6.14. The molecule has 0 saturated carbocycles. The molecule has 0 amide bonds. The lowest BCUT2D eigenvalue weighted by Crippen LogP contribution is -2.32. The Hall–Kier alpha value is -7.36. The molecule has 8 aromatic carbocycles. The minimum atomic E-state index is 0.472. The molecule has 3 nitrogen and oxygen atoms in total. The van der Waals surface area contributed by atoms with Crippen molar-refractivity contribution in [3.05, 3.63) is 199 Å². The summed E-state index contributed by atoms with van der Waals surface area (Å²) in [4.78, 5) is 2.35. The molecule has 1 unspecified atom stereocenters. The van der Waals surface area contributed by atoms with E-state index in [0.717, 1.165) is 78.5 Å². The maximum atomic E-state index is 6.77. The molecule has 268 valence electrons. The van der Waals surface area contributed by atoms with Crippen LogP contribution in [0.15, 0.2) is 197 Å². The molecule has 0 radical (unpaired) electrons. The lowest BCUT2D eigenvalue weighted by Gasteiger charge is -2.28. The number of hydrogen-bond acceptors (Lipinski definition) is 3. The van der Waals surface area contributed by atoms with E-state index in [1.165, 1.54) is 37.9 Å². The highest BCUT2D eigenvalue weighted by atomic mass is 16.3. The number of nitrogens with zero attached hydrogens (tertiary/aromatic N) is 1. The van der Waals surface area contributed by atoms with Gasteiger partial charge in [0.25, 0.3) is 0 Å². The van der Waals surface area contributed by atoms with E-state index >= 15 is 0 Å². The lowest BCUT2D eigenvalue weighted by molar-refractivity contribution is 0.669. The van der Waals surface area contributed by atoms with Crippen molar-refractivity contribution < 1.29 is 8.83 Å². The van der Waals surface area contributed by atoms with Crippen molar-refractivity contribution in [1.82, 2.24) is 0 Å². The van der Waals surface area contributed by atoms with Gasteiger partial charge in [0.05, 0.1) is 5.69 Å². The van der Waals surface area contributed by atoms with E-state index < -0.39 is 0 Å². The van der Waals surface area contributed by atoms with Crippen molar-refractivity contribution in [2.24, 2.45) is 5.92 Å². The summed E-state index contributed by atoms with van der Waals surface area (Å²) in [6.45, 7) is 0. The molecule has 10 aromatic rings. The molecule has 1 atom stereocenters. The van der Waals surface area contributed by atoms with E-state index in [0.29, 0.717) is 5.92 Å². The molecule has 0 bridgehead atoms. The van der Waals surface area contributed by atoms with Crippen molar-refractivity contribution in [1.29, 1.82) is 0 Å². The van der Waals surface area contributed by atoms with Gasteiger partial charge < -0.3 is 13.7 Å². The van der Waals surface area contributed by atoms with Gasteiger partial charge in [-0.25, -0.2) is 0 Å². The number of allylic oxidation sites excluding steroid dienone is 4. The normalized spacial score (nSPS) is 14.7. The van der Waals surface area contributed by atoms with Crippen LogP contribution < -0.4 is 15.3 Å². The minimum absolute atomic E-state index is 0.472. The third-order valence-electron chi connectivity index (χ3n) is 12.0. The zero-order valence-corrected chi connectivity index (χ0v) is 31.0. The first kappa shape index (κ1) is 31.9. The first-order valence-corrected chi connectivity index (χ1v) is 19.7. The van der Waals surface area contributed by atoms with Gasteiger partial charge in [0.15, 0.2) is 0 Å². The fourth-order valence-electron chi connectivity index (χ4n) is 9.18. The Balaban J connectivity index is 1.02. The van der Waals surface area contributed by atoms with Gasteiger partial charge in [-0.05, 0) is 98.9 Å². The van der Waals surface area contributed by atoms with Crippen molar-refractivity contribution in [2.45, 2.75) is 6.42 Å². The van der Waals surface area contributed by atoms with Gasteiger partial charge in [0.1, 0.15) is 22.3 Å². The summed E-state index contributed by atoms with van der Waals surface area (Å²) in [6.07, 6.45) is 12.3. The average molecular weight is 730 g/mol. The van der Waals surface area contributed by atoms with Crippen molar-refractivity contribution in [2.75, 3.05) is 4.90 Å². The second-order valence-electron chi connectivity index (χ2n) is 15.2. The molecule has 2 aromatic heterocycles. The predicted molar refractivity (Wildman–Crippen MR) is 238 cm³/mol. The van der Waals surface area contributed by atoms with Gasteiger partial charge >= 0.3 is 0 Å². The standard InChI is InChI=1S/C54H35NO2/c1-2-12-37-32-52-49(31-36(37)11-1)48-17-9-16-47(54(48)57-52)44-14-5-7-18-50(44)55(41-27-29-46-45-15-6-8-19-51(45)56-53(46)33-41)40-25-22-34(23-26-40)38-24-28-43-39(30-38)21-20-35-10-3-4-13-42(35)43/h1-19,21-33,35H,20H2. The molecule has 0 fully saturated rings. The van der Waals surface area contributed by atoms with E-state index in [1.54, 1.807) is 0 Å². The van der Waals surface area contributed by atoms with Crippen molar-refractivity contribution >= 4 is 83.4 Å². The first-order chi connectivity index (χ1) is 28.2. The number of hydrogen-bond donors (Lipinski definition) is 0. The molecular weight excluding hydrogens is 695 g/mol. The Bertz CT molecular complexity index is 3450. The van der Waals surface area contributed by atoms with Gasteiger partial charge in [-0.3, -0.25) is 0 Å². The summed E-state index contributed by atoms with van der Waals surface area (Å²) in [7, 11) is 0. The quantitative estimate of drug-likeness (QED) is 0.177. The van der Waals surface area contributed by atoms with Crippen LogP contribution in [0, 0.1) is 5.92 Å². The average Bonchev–Trinajstić information content (AvgIpc) is 3.83. The summed E-state index contributed by atoms with van der Waals surface area (Å²) in [5.41, 5.74) is 12.5. The van der Waals surface area contributed by atoms with Crippen LogP contribution in [0.1, 0.15) is 6.42 Å². The van der Waals surface area contributed by atoms with Crippen LogP contribution in [0.3, 0.4) is 0 Å². The zero-order valence-electron chi connectivity index (χ0n) is 31.0. The van der Waals surface area contributed by atoms with Crippen LogP contribution in [-0.4, -0.2) is 0 Å². The molecule has 0 spiro atoms. The molecular formula is C54H35NO2. The number of rotatable bonds is 5. The molecule has 12 rings (SSSR count). The highest BCUT2D eigenvalue weighted by Gasteiger charge is 2.22. The topological polar surface area (TPSA) is 29.5 Å². The van der Waals surface area contributed by atoms with Crippen LogP contribution >= 0.6 is 0 Å². The number of benzene rings is 8. The summed E-state index contributed by atoms with van der Waals surface area (Å²) in [5.74, 6) is 0.472. The van der Waals surface area contributed by atoms with Gasteiger partial charge in [0.2, 0.25) is 0 Å². The number of fused-ring (bicyclic) bond motifs is 9. The van der Waals surface area contributed by atoms with E-state index in [-0.39, 0.29) is 0 Å². The largest absolute Gasteiger partial charge is 0.456 e. The lowest BCUT2D eigenvalue weighted by atomic mass is 9.85. The van der Waals surface area contributed by atoms with Crippen LogP contribution in [0.4, 0.5) is 17.1 Å². The smallest absolute Gasteiger partial charge is 0.143 e. The van der Waals surface area contributed by atoms with E-state index in [1.807, 2.05) is 12.1 Å². The zero-order chi connectivity index (χ0) is 37.5. The Morgan fingerprint density at radius 1 is 0.491 bits per heavy atom. The summed E-state index contributed by atoms with van der Waals surface area (Å²) in [5, 5.41) is 9.47. The number of para-hydroxylation sites is 3. The molecule has 2 aliphatic carbocycles. The van der Waals surface area contributed by atoms with Gasteiger partial charge in [-0.2, -0.15) is 0 Å². The third kappa shape index (κ3) is 5.13. The summed E-state index contributed by atoms with van der Waals surface area (Å²) in [6, 6.07) is 58.8. The fraction of sp³-hybridized carbons (Fsp3) is 0.0370. The molecule has 0 N–H and O–H groups in total. The van der Waals surface area contributed by atoms with Crippen LogP contribution in [0.2, 0.25) is 0 Å². The van der Waals surface area contributed by atoms with E-state index in [2.05, 4.69) is 187 Å².